The fourth-order valence-corrected chi connectivity index (χ4v) is 3.02. The highest BCUT2D eigenvalue weighted by Gasteiger charge is 2.12. The number of ketones is 1. The Balaban J connectivity index is 2.16. The Kier molecular flexibility index (Phi) is 6.56. The lowest BCUT2D eigenvalue weighted by Gasteiger charge is -2.21. The predicted molar refractivity (Wildman–Crippen MR) is 102 cm³/mol. The van der Waals surface area contributed by atoms with Gasteiger partial charge in [0.2, 0.25) is 0 Å². The molecule has 2 aromatic rings. The molecule has 0 radical (unpaired) electrons. The van der Waals surface area contributed by atoms with Crippen molar-refractivity contribution in [2.24, 2.45) is 5.73 Å². The topological polar surface area (TPSA) is 46.3 Å². The van der Waals surface area contributed by atoms with Crippen LogP contribution in [0.1, 0.15) is 54.6 Å². The quantitative estimate of drug-likeness (QED) is 0.740. The van der Waals surface area contributed by atoms with Crippen molar-refractivity contribution < 1.29 is 4.79 Å². The Morgan fingerprint density at radius 3 is 1.83 bits per heavy atom. The number of hydrogen-bond acceptors (Lipinski definition) is 3. The van der Waals surface area contributed by atoms with Gasteiger partial charge in [0.25, 0.3) is 0 Å². The van der Waals surface area contributed by atoms with Gasteiger partial charge in [-0.15, -0.1) is 0 Å². The summed E-state index contributed by atoms with van der Waals surface area (Å²) in [6.45, 7) is 8.96. The smallest absolute Gasteiger partial charge is 0.193 e. The molecule has 2 rings (SSSR count). The molecule has 1 unspecified atom stereocenters. The van der Waals surface area contributed by atoms with Crippen LogP contribution in [-0.4, -0.2) is 25.4 Å². The zero-order valence-corrected chi connectivity index (χ0v) is 15.0. The third-order valence-electron chi connectivity index (χ3n) is 4.68. The third-order valence-corrected chi connectivity index (χ3v) is 4.68. The molecule has 3 heteroatoms. The van der Waals surface area contributed by atoms with E-state index >= 15 is 0 Å². The molecule has 0 saturated heterocycles. The van der Waals surface area contributed by atoms with E-state index in [1.807, 2.05) is 48.5 Å². The number of anilines is 1. The molecule has 128 valence electrons. The third kappa shape index (κ3) is 4.04. The number of nitrogens with zero attached hydrogens (tertiary/aromatic N) is 1. The van der Waals surface area contributed by atoms with Crippen LogP contribution in [0, 0.1) is 0 Å². The molecule has 0 aliphatic carbocycles. The van der Waals surface area contributed by atoms with Gasteiger partial charge in [0.05, 0.1) is 0 Å². The summed E-state index contributed by atoms with van der Waals surface area (Å²) in [4.78, 5) is 14.9. The van der Waals surface area contributed by atoms with Crippen molar-refractivity contribution in [3.05, 3.63) is 65.2 Å². The van der Waals surface area contributed by atoms with Crippen LogP contribution in [-0.2, 0) is 0 Å². The van der Waals surface area contributed by atoms with Crippen molar-refractivity contribution in [3.63, 3.8) is 0 Å². The molecular weight excluding hydrogens is 296 g/mol. The predicted octanol–water partition coefficient (Wildman–Crippen LogP) is 4.22. The number of carbonyl (C=O) groups excluding carboxylic acids is 1. The molecule has 1 atom stereocenters. The van der Waals surface area contributed by atoms with Gasteiger partial charge in [-0.2, -0.15) is 0 Å². The second kappa shape index (κ2) is 8.65. The zero-order valence-electron chi connectivity index (χ0n) is 15.0. The van der Waals surface area contributed by atoms with E-state index in [1.165, 1.54) is 5.56 Å². The van der Waals surface area contributed by atoms with Gasteiger partial charge in [-0.3, -0.25) is 4.79 Å². The highest BCUT2D eigenvalue weighted by atomic mass is 16.1. The molecule has 0 aliphatic heterocycles. The van der Waals surface area contributed by atoms with Crippen molar-refractivity contribution in [2.45, 2.75) is 33.1 Å². The van der Waals surface area contributed by atoms with E-state index in [9.17, 15) is 4.79 Å². The Morgan fingerprint density at radius 2 is 1.42 bits per heavy atom. The van der Waals surface area contributed by atoms with Gasteiger partial charge in [0.15, 0.2) is 5.78 Å². The Bertz CT molecular complexity index is 581. The van der Waals surface area contributed by atoms with E-state index < -0.39 is 0 Å². The average molecular weight is 324 g/mol. The molecule has 2 aromatic carbocycles. The maximum Gasteiger partial charge on any atom is 0.193 e. The molecule has 0 spiro atoms. The van der Waals surface area contributed by atoms with Crippen molar-refractivity contribution in [3.8, 4) is 0 Å². The minimum atomic E-state index is 0.0634. The minimum Gasteiger partial charge on any atom is -0.372 e. The number of rotatable bonds is 8. The maximum atomic E-state index is 12.6. The number of benzene rings is 2. The molecule has 0 saturated carbocycles. The van der Waals surface area contributed by atoms with Crippen LogP contribution >= 0.6 is 0 Å². The van der Waals surface area contributed by atoms with Gasteiger partial charge in [-0.25, -0.2) is 0 Å². The molecule has 0 aliphatic rings. The highest BCUT2D eigenvalue weighted by Crippen LogP contribution is 2.21. The Morgan fingerprint density at radius 1 is 0.917 bits per heavy atom. The van der Waals surface area contributed by atoms with Gasteiger partial charge < -0.3 is 10.6 Å². The lowest BCUT2D eigenvalue weighted by atomic mass is 9.94. The lowest BCUT2D eigenvalue weighted by molar-refractivity contribution is 0.103. The summed E-state index contributed by atoms with van der Waals surface area (Å²) in [6, 6.07) is 15.8. The zero-order chi connectivity index (χ0) is 17.5. The first-order valence-corrected chi connectivity index (χ1v) is 8.84. The second-order valence-corrected chi connectivity index (χ2v) is 6.01. The van der Waals surface area contributed by atoms with Crippen LogP contribution in [0.15, 0.2) is 48.5 Å². The monoisotopic (exact) mass is 324 g/mol. The average Bonchev–Trinajstić information content (AvgIpc) is 2.64. The maximum absolute atomic E-state index is 12.6. The fraction of sp³-hybridized carbons (Fsp3) is 0.381. The highest BCUT2D eigenvalue weighted by molar-refractivity contribution is 6.09. The molecule has 0 heterocycles. The van der Waals surface area contributed by atoms with Gasteiger partial charge >= 0.3 is 0 Å². The van der Waals surface area contributed by atoms with E-state index in [0.717, 1.165) is 36.3 Å². The molecule has 0 amide bonds. The van der Waals surface area contributed by atoms with E-state index in [-0.39, 0.29) is 5.78 Å². The number of nitrogens with two attached hydrogens (primary N) is 1. The molecule has 0 aromatic heterocycles. The summed E-state index contributed by atoms with van der Waals surface area (Å²) < 4.78 is 0. The van der Waals surface area contributed by atoms with Crippen molar-refractivity contribution in [1.29, 1.82) is 0 Å². The summed E-state index contributed by atoms with van der Waals surface area (Å²) in [5, 5.41) is 0. The van der Waals surface area contributed by atoms with Gasteiger partial charge in [-0.1, -0.05) is 31.2 Å². The lowest BCUT2D eigenvalue weighted by Crippen LogP contribution is -2.21. The van der Waals surface area contributed by atoms with Crippen LogP contribution in [0.3, 0.4) is 0 Å². The summed E-state index contributed by atoms with van der Waals surface area (Å²) >= 11 is 0. The van der Waals surface area contributed by atoms with E-state index in [0.29, 0.717) is 12.5 Å². The van der Waals surface area contributed by atoms with Crippen molar-refractivity contribution in [2.75, 3.05) is 24.5 Å². The molecule has 2 N–H and O–H groups in total. The molecule has 24 heavy (non-hydrogen) atoms. The van der Waals surface area contributed by atoms with Crippen LogP contribution in [0.25, 0.3) is 0 Å². The summed E-state index contributed by atoms with van der Waals surface area (Å²) in [5.41, 5.74) is 9.60. The molecule has 0 fully saturated rings. The van der Waals surface area contributed by atoms with E-state index in [2.05, 4.69) is 25.7 Å². The first kappa shape index (κ1) is 18.2. The van der Waals surface area contributed by atoms with Gasteiger partial charge in [0.1, 0.15) is 0 Å². The fourth-order valence-electron chi connectivity index (χ4n) is 3.02. The van der Waals surface area contributed by atoms with Crippen molar-refractivity contribution >= 4 is 11.5 Å². The molecular formula is C21H28N2O. The summed E-state index contributed by atoms with van der Waals surface area (Å²) in [7, 11) is 0. The summed E-state index contributed by atoms with van der Waals surface area (Å²) in [5.74, 6) is 0.427. The Labute approximate surface area is 145 Å². The SMILES string of the molecule is CCC(CN)c1ccc(C(=O)c2ccc(N(CC)CC)cc2)cc1. The van der Waals surface area contributed by atoms with E-state index in [4.69, 9.17) is 5.73 Å². The number of hydrogen-bond donors (Lipinski definition) is 1. The van der Waals surface area contributed by atoms with Crippen LogP contribution < -0.4 is 10.6 Å². The van der Waals surface area contributed by atoms with Gasteiger partial charge in [-0.05, 0) is 62.6 Å². The Hall–Kier alpha value is -2.13. The van der Waals surface area contributed by atoms with Crippen LogP contribution in [0.2, 0.25) is 0 Å². The largest absolute Gasteiger partial charge is 0.372 e. The number of carbonyl (C=O) groups is 1. The molecule has 3 nitrogen and oxygen atoms in total. The normalized spacial score (nSPS) is 12.0. The van der Waals surface area contributed by atoms with Crippen LogP contribution in [0.5, 0.6) is 0 Å². The second-order valence-electron chi connectivity index (χ2n) is 6.01. The van der Waals surface area contributed by atoms with Gasteiger partial charge in [0, 0.05) is 29.9 Å². The summed E-state index contributed by atoms with van der Waals surface area (Å²) in [6.07, 6.45) is 1.01. The molecule has 0 bridgehead atoms. The van der Waals surface area contributed by atoms with Crippen molar-refractivity contribution in [1.82, 2.24) is 0 Å². The van der Waals surface area contributed by atoms with Crippen LogP contribution in [0.4, 0.5) is 5.69 Å². The standard InChI is InChI=1S/C21H28N2O/c1-4-16(15-22)17-7-9-18(10-8-17)21(24)19-11-13-20(14-12-19)23(5-2)6-3/h7-14,16H,4-6,15,22H2,1-3H3. The first-order valence-electron chi connectivity index (χ1n) is 8.84. The van der Waals surface area contributed by atoms with E-state index in [1.54, 1.807) is 0 Å². The minimum absolute atomic E-state index is 0.0634. The first-order chi connectivity index (χ1) is 11.6.